The maximum Gasteiger partial charge on any atom is 0.247 e. The van der Waals surface area contributed by atoms with Gasteiger partial charge in [0.15, 0.2) is 0 Å². The van der Waals surface area contributed by atoms with Gasteiger partial charge in [0.05, 0.1) is 0 Å². The molecule has 5 nitrogen and oxygen atoms in total. The molecule has 0 aliphatic carbocycles. The smallest absolute Gasteiger partial charge is 0.247 e. The molecule has 1 aromatic rings. The third-order valence-corrected chi connectivity index (χ3v) is 3.22. The van der Waals surface area contributed by atoms with Crippen molar-refractivity contribution in [2.45, 2.75) is 19.4 Å². The standard InChI is InChI=1S/C14H17N3O2/c1-14(2)13(19)16-8-9-17(14)12(18)6-5-11-4-3-7-15-10-11/h3-7,10H,8-9H2,1-2H3,(H,16,19). The van der Waals surface area contributed by atoms with E-state index in [1.54, 1.807) is 37.2 Å². The molecule has 19 heavy (non-hydrogen) atoms. The van der Waals surface area contributed by atoms with Gasteiger partial charge in [-0.1, -0.05) is 6.07 Å². The van der Waals surface area contributed by atoms with Crippen LogP contribution in [-0.2, 0) is 9.59 Å². The van der Waals surface area contributed by atoms with Crippen LogP contribution in [0.15, 0.2) is 30.6 Å². The van der Waals surface area contributed by atoms with Crippen molar-refractivity contribution in [2.24, 2.45) is 0 Å². The number of pyridine rings is 1. The van der Waals surface area contributed by atoms with Crippen molar-refractivity contribution in [1.82, 2.24) is 15.2 Å². The van der Waals surface area contributed by atoms with Crippen LogP contribution in [0.25, 0.3) is 6.08 Å². The van der Waals surface area contributed by atoms with Gasteiger partial charge in [0.25, 0.3) is 0 Å². The first-order valence-electron chi connectivity index (χ1n) is 6.20. The first-order chi connectivity index (χ1) is 9.01. The summed E-state index contributed by atoms with van der Waals surface area (Å²) in [7, 11) is 0. The third kappa shape index (κ3) is 2.81. The lowest BCUT2D eigenvalue weighted by Gasteiger charge is -2.40. The second-order valence-electron chi connectivity index (χ2n) is 4.92. The molecular formula is C14H17N3O2. The molecule has 0 spiro atoms. The Morgan fingerprint density at radius 1 is 1.53 bits per heavy atom. The number of carbonyl (C=O) groups is 2. The number of hydrogen-bond acceptors (Lipinski definition) is 3. The summed E-state index contributed by atoms with van der Waals surface area (Å²) in [6.45, 7) is 4.51. The molecular weight excluding hydrogens is 242 g/mol. The minimum Gasteiger partial charge on any atom is -0.352 e. The van der Waals surface area contributed by atoms with Gasteiger partial charge in [-0.25, -0.2) is 0 Å². The van der Waals surface area contributed by atoms with Gasteiger partial charge in [0.2, 0.25) is 11.8 Å². The molecule has 0 atom stereocenters. The summed E-state index contributed by atoms with van der Waals surface area (Å²) in [6, 6.07) is 3.67. The lowest BCUT2D eigenvalue weighted by Crippen LogP contribution is -2.63. The Balaban J connectivity index is 2.11. The van der Waals surface area contributed by atoms with Crippen molar-refractivity contribution >= 4 is 17.9 Å². The molecule has 2 rings (SSSR count). The Kier molecular flexibility index (Phi) is 3.64. The minimum absolute atomic E-state index is 0.123. The molecule has 2 heterocycles. The van der Waals surface area contributed by atoms with Gasteiger partial charge in [0, 0.05) is 31.6 Å². The molecule has 0 radical (unpaired) electrons. The molecule has 0 unspecified atom stereocenters. The average molecular weight is 259 g/mol. The van der Waals surface area contributed by atoms with Crippen molar-refractivity contribution < 1.29 is 9.59 Å². The number of amides is 2. The predicted molar refractivity (Wildman–Crippen MR) is 72.1 cm³/mol. The van der Waals surface area contributed by atoms with Crippen LogP contribution in [0.1, 0.15) is 19.4 Å². The Hall–Kier alpha value is -2.17. The molecule has 100 valence electrons. The summed E-state index contributed by atoms with van der Waals surface area (Å²) >= 11 is 0. The molecule has 0 aromatic carbocycles. The fraction of sp³-hybridized carbons (Fsp3) is 0.357. The van der Waals surface area contributed by atoms with Crippen LogP contribution >= 0.6 is 0 Å². The molecule has 1 aliphatic heterocycles. The van der Waals surface area contributed by atoms with Crippen LogP contribution in [-0.4, -0.2) is 40.3 Å². The number of aromatic nitrogens is 1. The van der Waals surface area contributed by atoms with E-state index in [1.807, 2.05) is 12.1 Å². The van der Waals surface area contributed by atoms with E-state index in [1.165, 1.54) is 6.08 Å². The largest absolute Gasteiger partial charge is 0.352 e. The van der Waals surface area contributed by atoms with Gasteiger partial charge in [-0.05, 0) is 31.6 Å². The van der Waals surface area contributed by atoms with E-state index < -0.39 is 5.54 Å². The number of nitrogens with one attached hydrogen (secondary N) is 1. The minimum atomic E-state index is -0.811. The monoisotopic (exact) mass is 259 g/mol. The highest BCUT2D eigenvalue weighted by Crippen LogP contribution is 2.18. The fourth-order valence-corrected chi connectivity index (χ4v) is 2.02. The van der Waals surface area contributed by atoms with Crippen LogP contribution in [0, 0.1) is 0 Å². The quantitative estimate of drug-likeness (QED) is 0.800. The maximum absolute atomic E-state index is 12.2. The molecule has 5 heteroatoms. The fourth-order valence-electron chi connectivity index (χ4n) is 2.02. The topological polar surface area (TPSA) is 62.3 Å². The van der Waals surface area contributed by atoms with E-state index in [4.69, 9.17) is 0 Å². The van der Waals surface area contributed by atoms with Crippen molar-refractivity contribution in [3.05, 3.63) is 36.2 Å². The Morgan fingerprint density at radius 2 is 2.32 bits per heavy atom. The lowest BCUT2D eigenvalue weighted by atomic mass is 9.99. The van der Waals surface area contributed by atoms with E-state index in [2.05, 4.69) is 10.3 Å². The zero-order chi connectivity index (χ0) is 13.9. The first-order valence-corrected chi connectivity index (χ1v) is 6.20. The molecule has 0 saturated carbocycles. The summed E-state index contributed by atoms with van der Waals surface area (Å²) in [4.78, 5) is 29.5. The van der Waals surface area contributed by atoms with E-state index >= 15 is 0 Å². The number of carbonyl (C=O) groups excluding carboxylic acids is 2. The zero-order valence-corrected chi connectivity index (χ0v) is 11.1. The summed E-state index contributed by atoms with van der Waals surface area (Å²) in [5.41, 5.74) is 0.0457. The molecule has 1 fully saturated rings. The maximum atomic E-state index is 12.2. The van der Waals surface area contributed by atoms with Gasteiger partial charge in [-0.2, -0.15) is 0 Å². The number of nitrogens with zero attached hydrogens (tertiary/aromatic N) is 2. The molecule has 1 aromatic heterocycles. The number of hydrogen-bond donors (Lipinski definition) is 1. The number of piperazine rings is 1. The predicted octanol–water partition coefficient (Wildman–Crippen LogP) is 0.832. The molecule has 1 saturated heterocycles. The lowest BCUT2D eigenvalue weighted by molar-refractivity contribution is -0.146. The second-order valence-corrected chi connectivity index (χ2v) is 4.92. The van der Waals surface area contributed by atoms with Crippen LogP contribution in [0.4, 0.5) is 0 Å². The Labute approximate surface area is 112 Å². The normalized spacial score (nSPS) is 18.4. The summed E-state index contributed by atoms with van der Waals surface area (Å²) in [6.07, 6.45) is 6.55. The molecule has 0 bridgehead atoms. The first kappa shape index (κ1) is 13.3. The molecule has 2 amide bonds. The third-order valence-electron chi connectivity index (χ3n) is 3.22. The van der Waals surface area contributed by atoms with Crippen molar-refractivity contribution in [2.75, 3.05) is 13.1 Å². The van der Waals surface area contributed by atoms with E-state index in [9.17, 15) is 9.59 Å². The van der Waals surface area contributed by atoms with E-state index in [0.717, 1.165) is 5.56 Å². The number of rotatable bonds is 2. The van der Waals surface area contributed by atoms with Crippen molar-refractivity contribution in [3.63, 3.8) is 0 Å². The van der Waals surface area contributed by atoms with E-state index in [0.29, 0.717) is 13.1 Å². The van der Waals surface area contributed by atoms with Crippen LogP contribution in [0.3, 0.4) is 0 Å². The van der Waals surface area contributed by atoms with Gasteiger partial charge in [-0.3, -0.25) is 14.6 Å². The second kappa shape index (κ2) is 5.22. The highest BCUT2D eigenvalue weighted by atomic mass is 16.2. The highest BCUT2D eigenvalue weighted by Gasteiger charge is 2.39. The SMILES string of the molecule is CC1(C)C(=O)NCCN1C(=O)C=Cc1cccnc1. The molecule has 1 aliphatic rings. The van der Waals surface area contributed by atoms with Gasteiger partial charge < -0.3 is 10.2 Å². The summed E-state index contributed by atoms with van der Waals surface area (Å²) in [5, 5.41) is 2.76. The van der Waals surface area contributed by atoms with Crippen LogP contribution in [0.5, 0.6) is 0 Å². The molecule has 1 N–H and O–H groups in total. The van der Waals surface area contributed by atoms with Gasteiger partial charge >= 0.3 is 0 Å². The van der Waals surface area contributed by atoms with Crippen LogP contribution < -0.4 is 5.32 Å². The average Bonchev–Trinajstić information content (AvgIpc) is 2.40. The Bertz CT molecular complexity index is 509. The van der Waals surface area contributed by atoms with Crippen LogP contribution in [0.2, 0.25) is 0 Å². The van der Waals surface area contributed by atoms with Gasteiger partial charge in [-0.15, -0.1) is 0 Å². The zero-order valence-electron chi connectivity index (χ0n) is 11.1. The highest BCUT2D eigenvalue weighted by molar-refractivity contribution is 5.97. The summed E-state index contributed by atoms with van der Waals surface area (Å²) < 4.78 is 0. The Morgan fingerprint density at radius 3 is 3.00 bits per heavy atom. The van der Waals surface area contributed by atoms with Crippen molar-refractivity contribution in [3.8, 4) is 0 Å². The van der Waals surface area contributed by atoms with E-state index in [-0.39, 0.29) is 11.8 Å². The van der Waals surface area contributed by atoms with Gasteiger partial charge in [0.1, 0.15) is 5.54 Å². The van der Waals surface area contributed by atoms with Crippen molar-refractivity contribution in [1.29, 1.82) is 0 Å². The summed E-state index contributed by atoms with van der Waals surface area (Å²) in [5.74, 6) is -0.286.